The summed E-state index contributed by atoms with van der Waals surface area (Å²) in [6, 6.07) is 12.1. The van der Waals surface area contributed by atoms with E-state index in [2.05, 4.69) is 22.8 Å². The Morgan fingerprint density at radius 1 is 1.06 bits per heavy atom. The van der Waals surface area contributed by atoms with Gasteiger partial charge in [-0.2, -0.15) is 0 Å². The fraction of sp³-hybridized carbons (Fsp3) is 0.286. The first-order valence-corrected chi connectivity index (χ1v) is 6.01. The summed E-state index contributed by atoms with van der Waals surface area (Å²) in [6.07, 6.45) is 0. The molecule has 0 amide bonds. The van der Waals surface area contributed by atoms with Crippen molar-refractivity contribution in [1.82, 2.24) is 10.6 Å². The van der Waals surface area contributed by atoms with E-state index in [9.17, 15) is 5.11 Å². The van der Waals surface area contributed by atoms with Crippen LogP contribution in [-0.4, -0.2) is 24.7 Å². The van der Waals surface area contributed by atoms with Gasteiger partial charge in [0.15, 0.2) is 0 Å². The summed E-state index contributed by atoms with van der Waals surface area (Å²) in [6.45, 7) is 2.79. The number of aromatic hydroxyl groups is 1. The van der Waals surface area contributed by atoms with Gasteiger partial charge in [-0.3, -0.25) is 0 Å². The number of phenols is 1. The Bertz CT molecular complexity index is 533. The van der Waals surface area contributed by atoms with Crippen LogP contribution in [0.15, 0.2) is 36.4 Å². The summed E-state index contributed by atoms with van der Waals surface area (Å²) in [7, 11) is 0. The molecule has 0 unspecified atom stereocenters. The highest BCUT2D eigenvalue weighted by Crippen LogP contribution is 2.32. The van der Waals surface area contributed by atoms with Crippen LogP contribution in [0, 0.1) is 0 Å². The molecule has 3 rings (SSSR count). The zero-order valence-electron chi connectivity index (χ0n) is 9.61. The van der Waals surface area contributed by atoms with Gasteiger partial charge in [-0.05, 0) is 16.8 Å². The van der Waals surface area contributed by atoms with Crippen molar-refractivity contribution in [3.63, 3.8) is 0 Å². The summed E-state index contributed by atoms with van der Waals surface area (Å²) in [5.41, 5.74) is 1.01. The van der Waals surface area contributed by atoms with E-state index in [4.69, 9.17) is 0 Å². The molecule has 3 nitrogen and oxygen atoms in total. The Kier molecular flexibility index (Phi) is 2.71. The number of rotatable bonds is 1. The first kappa shape index (κ1) is 10.6. The third kappa shape index (κ3) is 1.88. The van der Waals surface area contributed by atoms with Gasteiger partial charge in [-0.15, -0.1) is 0 Å². The Balaban J connectivity index is 2.15. The second-order valence-corrected chi connectivity index (χ2v) is 4.43. The molecule has 0 aromatic heterocycles. The quantitative estimate of drug-likeness (QED) is 0.697. The van der Waals surface area contributed by atoms with Crippen LogP contribution in [-0.2, 0) is 0 Å². The van der Waals surface area contributed by atoms with E-state index in [1.54, 1.807) is 6.07 Å². The number of piperazine rings is 1. The number of hydrogen-bond acceptors (Lipinski definition) is 3. The molecule has 1 atom stereocenters. The minimum atomic E-state index is 0.190. The van der Waals surface area contributed by atoms with E-state index in [1.165, 1.54) is 5.39 Å². The molecular weight excluding hydrogens is 212 g/mol. The zero-order valence-corrected chi connectivity index (χ0v) is 9.61. The van der Waals surface area contributed by atoms with Crippen molar-refractivity contribution in [2.75, 3.05) is 19.6 Å². The van der Waals surface area contributed by atoms with Gasteiger partial charge in [-0.25, -0.2) is 0 Å². The lowest BCUT2D eigenvalue weighted by Gasteiger charge is -2.26. The molecule has 1 heterocycles. The van der Waals surface area contributed by atoms with Crippen molar-refractivity contribution < 1.29 is 5.11 Å². The standard InChI is InChI=1S/C14H16N2O/c17-13-6-5-10-3-1-2-4-11(10)14(13)12-9-15-7-8-16-12/h1-6,12,15-17H,7-9H2/t12-/m0/s1. The Labute approximate surface area is 100 Å². The molecule has 3 heteroatoms. The molecule has 0 radical (unpaired) electrons. The monoisotopic (exact) mass is 228 g/mol. The van der Waals surface area contributed by atoms with E-state index in [-0.39, 0.29) is 6.04 Å². The van der Waals surface area contributed by atoms with Gasteiger partial charge in [0.1, 0.15) is 5.75 Å². The summed E-state index contributed by atoms with van der Waals surface area (Å²) < 4.78 is 0. The van der Waals surface area contributed by atoms with Crippen molar-refractivity contribution in [2.45, 2.75) is 6.04 Å². The number of hydrogen-bond donors (Lipinski definition) is 3. The minimum Gasteiger partial charge on any atom is -0.508 e. The van der Waals surface area contributed by atoms with Gasteiger partial charge in [0.25, 0.3) is 0 Å². The fourth-order valence-corrected chi connectivity index (χ4v) is 2.51. The molecule has 1 aliphatic heterocycles. The smallest absolute Gasteiger partial charge is 0.121 e. The number of benzene rings is 2. The fourth-order valence-electron chi connectivity index (χ4n) is 2.51. The number of nitrogens with one attached hydrogen (secondary N) is 2. The first-order valence-electron chi connectivity index (χ1n) is 6.01. The summed E-state index contributed by atoms with van der Waals surface area (Å²) in [5, 5.41) is 19.2. The maximum Gasteiger partial charge on any atom is 0.121 e. The van der Waals surface area contributed by atoms with Gasteiger partial charge < -0.3 is 15.7 Å². The lowest BCUT2D eigenvalue weighted by molar-refractivity contribution is 0.407. The maximum atomic E-state index is 10.1. The summed E-state index contributed by atoms with van der Waals surface area (Å²) in [5.74, 6) is 0.380. The van der Waals surface area contributed by atoms with Crippen molar-refractivity contribution in [2.24, 2.45) is 0 Å². The van der Waals surface area contributed by atoms with Crippen LogP contribution in [0.5, 0.6) is 5.75 Å². The topological polar surface area (TPSA) is 44.3 Å². The molecule has 2 aromatic carbocycles. The van der Waals surface area contributed by atoms with E-state index in [0.717, 1.165) is 30.6 Å². The normalized spacial score (nSPS) is 20.6. The van der Waals surface area contributed by atoms with Gasteiger partial charge in [0.05, 0.1) is 0 Å². The van der Waals surface area contributed by atoms with E-state index in [1.807, 2.05) is 18.2 Å². The molecular formula is C14H16N2O. The van der Waals surface area contributed by atoms with Crippen LogP contribution in [0.1, 0.15) is 11.6 Å². The third-order valence-electron chi connectivity index (χ3n) is 3.34. The molecule has 1 fully saturated rings. The molecule has 1 saturated heterocycles. The lowest BCUT2D eigenvalue weighted by atomic mass is 9.96. The van der Waals surface area contributed by atoms with Crippen LogP contribution in [0.2, 0.25) is 0 Å². The Morgan fingerprint density at radius 3 is 2.76 bits per heavy atom. The van der Waals surface area contributed by atoms with Crippen molar-refractivity contribution >= 4 is 10.8 Å². The minimum absolute atomic E-state index is 0.190. The highest BCUT2D eigenvalue weighted by Gasteiger charge is 2.19. The highest BCUT2D eigenvalue weighted by atomic mass is 16.3. The van der Waals surface area contributed by atoms with Crippen LogP contribution >= 0.6 is 0 Å². The third-order valence-corrected chi connectivity index (χ3v) is 3.34. The van der Waals surface area contributed by atoms with Crippen molar-refractivity contribution in [1.29, 1.82) is 0 Å². The molecule has 0 aliphatic carbocycles. The molecule has 88 valence electrons. The van der Waals surface area contributed by atoms with Gasteiger partial charge in [0, 0.05) is 31.2 Å². The second-order valence-electron chi connectivity index (χ2n) is 4.43. The predicted octanol–water partition coefficient (Wildman–Crippen LogP) is 1.78. The number of phenolic OH excluding ortho intramolecular Hbond substituents is 1. The average molecular weight is 228 g/mol. The average Bonchev–Trinajstić information content (AvgIpc) is 2.39. The van der Waals surface area contributed by atoms with Crippen molar-refractivity contribution in [3.05, 3.63) is 42.0 Å². The van der Waals surface area contributed by atoms with Gasteiger partial charge in [-0.1, -0.05) is 30.3 Å². The molecule has 17 heavy (non-hydrogen) atoms. The number of fused-ring (bicyclic) bond motifs is 1. The highest BCUT2D eigenvalue weighted by molar-refractivity contribution is 5.88. The van der Waals surface area contributed by atoms with Gasteiger partial charge in [0.2, 0.25) is 0 Å². The van der Waals surface area contributed by atoms with Gasteiger partial charge >= 0.3 is 0 Å². The largest absolute Gasteiger partial charge is 0.508 e. The van der Waals surface area contributed by atoms with Crippen molar-refractivity contribution in [3.8, 4) is 5.75 Å². The molecule has 1 aliphatic rings. The second kappa shape index (κ2) is 4.35. The Hall–Kier alpha value is -1.58. The van der Waals surface area contributed by atoms with Crippen LogP contribution in [0.3, 0.4) is 0 Å². The van der Waals surface area contributed by atoms with E-state index < -0.39 is 0 Å². The Morgan fingerprint density at radius 2 is 1.94 bits per heavy atom. The molecule has 0 bridgehead atoms. The lowest BCUT2D eigenvalue weighted by Crippen LogP contribution is -2.42. The van der Waals surface area contributed by atoms with Crippen LogP contribution < -0.4 is 10.6 Å². The van der Waals surface area contributed by atoms with E-state index in [0.29, 0.717) is 5.75 Å². The summed E-state index contributed by atoms with van der Waals surface area (Å²) >= 11 is 0. The first-order chi connectivity index (χ1) is 8.36. The predicted molar refractivity (Wildman–Crippen MR) is 69.2 cm³/mol. The molecule has 2 aromatic rings. The van der Waals surface area contributed by atoms with Crippen LogP contribution in [0.25, 0.3) is 10.8 Å². The SMILES string of the molecule is Oc1ccc2ccccc2c1[C@@H]1CNCCN1. The zero-order chi connectivity index (χ0) is 11.7. The summed E-state index contributed by atoms with van der Waals surface area (Å²) in [4.78, 5) is 0. The maximum absolute atomic E-state index is 10.1. The van der Waals surface area contributed by atoms with Crippen LogP contribution in [0.4, 0.5) is 0 Å². The molecule has 0 spiro atoms. The molecule has 3 N–H and O–H groups in total. The molecule has 0 saturated carbocycles. The van der Waals surface area contributed by atoms with E-state index >= 15 is 0 Å².